The van der Waals surface area contributed by atoms with Crippen molar-refractivity contribution in [2.45, 2.75) is 13.5 Å². The zero-order valence-corrected chi connectivity index (χ0v) is 17.4. The van der Waals surface area contributed by atoms with E-state index >= 15 is 0 Å². The average Bonchev–Trinajstić information content (AvgIpc) is 3.29. The van der Waals surface area contributed by atoms with E-state index in [9.17, 15) is 4.79 Å². The highest BCUT2D eigenvalue weighted by Gasteiger charge is 2.17. The summed E-state index contributed by atoms with van der Waals surface area (Å²) in [6.45, 7) is 2.56. The lowest BCUT2D eigenvalue weighted by molar-refractivity contribution is -0.134. The number of fused-ring (bicyclic) bond motifs is 1. The van der Waals surface area contributed by atoms with Crippen molar-refractivity contribution in [1.82, 2.24) is 15.0 Å². The second-order valence-corrected chi connectivity index (χ2v) is 6.95. The first kappa shape index (κ1) is 20.4. The molecule has 3 aromatic carbocycles. The van der Waals surface area contributed by atoms with Gasteiger partial charge in [-0.25, -0.2) is 0 Å². The van der Waals surface area contributed by atoms with Crippen LogP contribution in [0.3, 0.4) is 0 Å². The Bertz CT molecular complexity index is 1170. The monoisotopic (exact) mass is 417 g/mol. The third-order valence-corrected chi connectivity index (χ3v) is 4.96. The molecule has 0 spiro atoms. The maximum Gasteiger partial charge on any atom is 0.260 e. The smallest absolute Gasteiger partial charge is 0.260 e. The van der Waals surface area contributed by atoms with Crippen LogP contribution in [0.25, 0.3) is 22.2 Å². The van der Waals surface area contributed by atoms with Crippen molar-refractivity contribution in [3.05, 3.63) is 72.6 Å². The maximum atomic E-state index is 12.7. The van der Waals surface area contributed by atoms with Gasteiger partial charge in [-0.15, -0.1) is 0 Å². The Kier molecular flexibility index (Phi) is 6.12. The van der Waals surface area contributed by atoms with Gasteiger partial charge in [0, 0.05) is 12.1 Å². The van der Waals surface area contributed by atoms with E-state index in [0.29, 0.717) is 24.0 Å². The van der Waals surface area contributed by atoms with Crippen LogP contribution in [0, 0.1) is 0 Å². The van der Waals surface area contributed by atoms with Crippen LogP contribution in [-0.4, -0.2) is 41.2 Å². The van der Waals surface area contributed by atoms with Crippen LogP contribution >= 0.6 is 0 Å². The highest BCUT2D eigenvalue weighted by atomic mass is 16.5. The zero-order valence-electron chi connectivity index (χ0n) is 17.4. The summed E-state index contributed by atoms with van der Waals surface area (Å²) in [6.07, 6.45) is 0. The number of amides is 1. The van der Waals surface area contributed by atoms with Crippen LogP contribution in [-0.2, 0) is 11.3 Å². The van der Waals surface area contributed by atoms with Gasteiger partial charge in [0.15, 0.2) is 6.61 Å². The zero-order chi connectivity index (χ0) is 21.6. The first-order valence-corrected chi connectivity index (χ1v) is 10.0. The molecule has 158 valence electrons. The van der Waals surface area contributed by atoms with Gasteiger partial charge >= 0.3 is 0 Å². The topological polar surface area (TPSA) is 77.7 Å². The number of aromatic nitrogens is 2. The molecule has 0 unspecified atom stereocenters. The molecule has 0 saturated carbocycles. The second kappa shape index (κ2) is 9.30. The molecule has 0 saturated heterocycles. The first-order chi connectivity index (χ1) is 15.2. The van der Waals surface area contributed by atoms with Crippen LogP contribution in [0.2, 0.25) is 0 Å². The van der Waals surface area contributed by atoms with E-state index in [2.05, 4.69) is 10.1 Å². The molecule has 0 aliphatic rings. The fourth-order valence-corrected chi connectivity index (χ4v) is 3.21. The molecule has 1 heterocycles. The minimum absolute atomic E-state index is 0.0638. The largest absolute Gasteiger partial charge is 0.497 e. The number of benzene rings is 3. The Hall–Kier alpha value is -3.87. The predicted octanol–water partition coefficient (Wildman–Crippen LogP) is 4.33. The summed E-state index contributed by atoms with van der Waals surface area (Å²) < 4.78 is 16.2. The summed E-state index contributed by atoms with van der Waals surface area (Å²) in [5.74, 6) is 2.09. The van der Waals surface area contributed by atoms with Crippen molar-refractivity contribution in [2.75, 3.05) is 20.3 Å². The quantitative estimate of drug-likeness (QED) is 0.425. The van der Waals surface area contributed by atoms with Crippen molar-refractivity contribution in [3.8, 4) is 22.9 Å². The molecular weight excluding hydrogens is 394 g/mol. The summed E-state index contributed by atoms with van der Waals surface area (Å²) in [4.78, 5) is 18.7. The Morgan fingerprint density at radius 2 is 1.74 bits per heavy atom. The van der Waals surface area contributed by atoms with Crippen molar-refractivity contribution >= 4 is 16.7 Å². The second-order valence-electron chi connectivity index (χ2n) is 6.95. The van der Waals surface area contributed by atoms with Gasteiger partial charge in [-0.05, 0) is 54.1 Å². The van der Waals surface area contributed by atoms with Crippen LogP contribution < -0.4 is 9.47 Å². The fraction of sp³-hybridized carbons (Fsp3) is 0.208. The van der Waals surface area contributed by atoms with E-state index in [-0.39, 0.29) is 19.1 Å². The molecule has 31 heavy (non-hydrogen) atoms. The molecule has 7 heteroatoms. The normalized spacial score (nSPS) is 10.8. The van der Waals surface area contributed by atoms with Crippen LogP contribution in [0.15, 0.2) is 71.3 Å². The molecule has 7 nitrogen and oxygen atoms in total. The predicted molar refractivity (Wildman–Crippen MR) is 117 cm³/mol. The number of rotatable bonds is 8. The minimum atomic E-state index is -0.153. The van der Waals surface area contributed by atoms with Gasteiger partial charge < -0.3 is 18.9 Å². The van der Waals surface area contributed by atoms with Crippen molar-refractivity contribution in [1.29, 1.82) is 0 Å². The van der Waals surface area contributed by atoms with Gasteiger partial charge in [0.2, 0.25) is 11.7 Å². The molecule has 4 aromatic rings. The molecule has 1 amide bonds. The SMILES string of the molecule is CCN(Cc1nc(-c2ccc(OC)cc2)no1)C(=O)COc1ccc2ccccc2c1. The molecule has 0 radical (unpaired) electrons. The summed E-state index contributed by atoms with van der Waals surface area (Å²) in [7, 11) is 1.61. The minimum Gasteiger partial charge on any atom is -0.497 e. The number of ether oxygens (including phenoxy) is 2. The van der Waals surface area contributed by atoms with Gasteiger partial charge in [0.1, 0.15) is 18.0 Å². The number of carbonyl (C=O) groups excluding carboxylic acids is 1. The van der Waals surface area contributed by atoms with Gasteiger partial charge in [-0.3, -0.25) is 4.79 Å². The lowest BCUT2D eigenvalue weighted by Gasteiger charge is -2.19. The third-order valence-electron chi connectivity index (χ3n) is 4.96. The molecule has 1 aromatic heterocycles. The highest BCUT2D eigenvalue weighted by molar-refractivity contribution is 5.84. The van der Waals surface area contributed by atoms with Crippen LogP contribution in [0.4, 0.5) is 0 Å². The Balaban J connectivity index is 1.37. The lowest BCUT2D eigenvalue weighted by Crippen LogP contribution is -2.34. The Morgan fingerprint density at radius 3 is 2.48 bits per heavy atom. The first-order valence-electron chi connectivity index (χ1n) is 10.0. The Morgan fingerprint density at radius 1 is 1.00 bits per heavy atom. The molecule has 0 bridgehead atoms. The van der Waals surface area contributed by atoms with Gasteiger partial charge in [-0.2, -0.15) is 4.98 Å². The van der Waals surface area contributed by atoms with E-state index in [0.717, 1.165) is 22.1 Å². The molecular formula is C24H23N3O4. The standard InChI is InChI=1S/C24H23N3O4/c1-3-27(15-22-25-24(26-31-22)18-9-11-20(29-2)12-10-18)23(28)16-30-21-13-8-17-6-4-5-7-19(17)14-21/h4-14H,3,15-16H2,1-2H3. The number of hydrogen-bond donors (Lipinski definition) is 0. The van der Waals surface area contributed by atoms with Crippen molar-refractivity contribution in [2.24, 2.45) is 0 Å². The number of nitrogens with zero attached hydrogens (tertiary/aromatic N) is 3. The molecule has 0 atom stereocenters. The summed E-state index contributed by atoms with van der Waals surface area (Å²) >= 11 is 0. The van der Waals surface area contributed by atoms with Gasteiger partial charge in [-0.1, -0.05) is 35.5 Å². The Labute approximate surface area is 180 Å². The molecule has 0 fully saturated rings. The van der Waals surface area contributed by atoms with E-state index < -0.39 is 0 Å². The van der Waals surface area contributed by atoms with Gasteiger partial charge in [0.25, 0.3) is 5.91 Å². The highest BCUT2D eigenvalue weighted by Crippen LogP contribution is 2.21. The molecule has 0 N–H and O–H groups in total. The number of likely N-dealkylation sites (N-methyl/N-ethyl adjacent to an activating group) is 1. The van der Waals surface area contributed by atoms with Gasteiger partial charge in [0.05, 0.1) is 7.11 Å². The number of hydrogen-bond acceptors (Lipinski definition) is 6. The number of carbonyl (C=O) groups is 1. The van der Waals surface area contributed by atoms with E-state index in [1.165, 1.54) is 0 Å². The number of methoxy groups -OCH3 is 1. The summed E-state index contributed by atoms with van der Waals surface area (Å²) in [5.41, 5.74) is 0.810. The van der Waals surface area contributed by atoms with Crippen molar-refractivity contribution < 1.29 is 18.8 Å². The molecule has 0 aliphatic carbocycles. The van der Waals surface area contributed by atoms with E-state index in [4.69, 9.17) is 14.0 Å². The fourth-order valence-electron chi connectivity index (χ4n) is 3.21. The molecule has 4 rings (SSSR count). The van der Waals surface area contributed by atoms with Crippen LogP contribution in [0.5, 0.6) is 11.5 Å². The van der Waals surface area contributed by atoms with E-state index in [1.54, 1.807) is 12.0 Å². The van der Waals surface area contributed by atoms with Crippen LogP contribution in [0.1, 0.15) is 12.8 Å². The summed E-state index contributed by atoms with van der Waals surface area (Å²) in [5, 5.41) is 6.21. The maximum absolute atomic E-state index is 12.7. The van der Waals surface area contributed by atoms with Crippen molar-refractivity contribution in [3.63, 3.8) is 0 Å². The lowest BCUT2D eigenvalue weighted by atomic mass is 10.1. The average molecular weight is 417 g/mol. The molecule has 0 aliphatic heterocycles. The van der Waals surface area contributed by atoms with E-state index in [1.807, 2.05) is 73.7 Å². The third kappa shape index (κ3) is 4.83. The summed E-state index contributed by atoms with van der Waals surface area (Å²) in [6, 6.07) is 21.2.